The van der Waals surface area contributed by atoms with Crippen molar-refractivity contribution in [3.05, 3.63) is 29.6 Å². The number of carboxylic acids is 1. The van der Waals surface area contributed by atoms with Gasteiger partial charge in [0.05, 0.1) is 0 Å². The van der Waals surface area contributed by atoms with Gasteiger partial charge in [0.2, 0.25) is 6.41 Å². The molecule has 0 aromatic heterocycles. The van der Waals surface area contributed by atoms with Crippen molar-refractivity contribution in [3.63, 3.8) is 0 Å². The highest BCUT2D eigenvalue weighted by Crippen LogP contribution is 2.17. The molecule has 1 aromatic rings. The fourth-order valence-corrected chi connectivity index (χ4v) is 1.60. The fraction of sp³-hybridized carbons (Fsp3) is 0.333. The summed E-state index contributed by atoms with van der Waals surface area (Å²) in [6.45, 7) is 0. The lowest BCUT2D eigenvalue weighted by Crippen LogP contribution is -2.30. The van der Waals surface area contributed by atoms with Gasteiger partial charge < -0.3 is 15.5 Å². The number of nitrogens with one attached hydrogen (secondary N) is 1. The monoisotopic (exact) mass is 255 g/mol. The van der Waals surface area contributed by atoms with E-state index in [2.05, 4.69) is 5.32 Å². The van der Waals surface area contributed by atoms with Crippen molar-refractivity contribution in [3.8, 4) is 5.75 Å². The van der Waals surface area contributed by atoms with Crippen molar-refractivity contribution in [2.75, 3.05) is 0 Å². The summed E-state index contributed by atoms with van der Waals surface area (Å²) >= 11 is 0. The highest BCUT2D eigenvalue weighted by molar-refractivity contribution is 5.66. The third kappa shape index (κ3) is 4.40. The first-order chi connectivity index (χ1) is 8.52. The number of carbonyl (C=O) groups excluding carboxylic acids is 1. The van der Waals surface area contributed by atoms with Gasteiger partial charge in [-0.15, -0.1) is 0 Å². The Balaban J connectivity index is 2.66. The summed E-state index contributed by atoms with van der Waals surface area (Å²) in [4.78, 5) is 20.8. The highest BCUT2D eigenvalue weighted by atomic mass is 19.1. The second-order valence-corrected chi connectivity index (χ2v) is 3.90. The van der Waals surface area contributed by atoms with E-state index in [1.54, 1.807) is 0 Å². The van der Waals surface area contributed by atoms with Crippen LogP contribution in [-0.2, 0) is 16.0 Å². The Morgan fingerprint density at radius 1 is 1.50 bits per heavy atom. The van der Waals surface area contributed by atoms with Crippen molar-refractivity contribution in [1.82, 2.24) is 5.32 Å². The lowest BCUT2D eigenvalue weighted by molar-refractivity contribution is -0.137. The second kappa shape index (κ2) is 6.58. The topological polar surface area (TPSA) is 86.6 Å². The van der Waals surface area contributed by atoms with Gasteiger partial charge in [-0.3, -0.25) is 9.59 Å². The van der Waals surface area contributed by atoms with Crippen LogP contribution in [0.2, 0.25) is 0 Å². The van der Waals surface area contributed by atoms with E-state index >= 15 is 0 Å². The number of aromatic hydroxyl groups is 1. The first-order valence-electron chi connectivity index (χ1n) is 5.42. The first-order valence-corrected chi connectivity index (χ1v) is 5.42. The summed E-state index contributed by atoms with van der Waals surface area (Å²) in [7, 11) is 0. The molecule has 5 nitrogen and oxygen atoms in total. The van der Waals surface area contributed by atoms with Gasteiger partial charge in [0.1, 0.15) is 0 Å². The number of amides is 1. The molecule has 0 aliphatic rings. The fourth-order valence-electron chi connectivity index (χ4n) is 1.60. The molecule has 0 bridgehead atoms. The van der Waals surface area contributed by atoms with Crippen LogP contribution in [-0.4, -0.2) is 28.6 Å². The Labute approximate surface area is 103 Å². The summed E-state index contributed by atoms with van der Waals surface area (Å²) in [5, 5.41) is 20.1. The quantitative estimate of drug-likeness (QED) is 0.636. The number of benzene rings is 1. The van der Waals surface area contributed by atoms with E-state index in [0.717, 1.165) is 6.07 Å². The van der Waals surface area contributed by atoms with Gasteiger partial charge in [0.15, 0.2) is 11.6 Å². The number of halogens is 1. The minimum atomic E-state index is -0.954. The number of carboxylic acid groups (broad SMARTS) is 1. The van der Waals surface area contributed by atoms with Crippen LogP contribution >= 0.6 is 0 Å². The summed E-state index contributed by atoms with van der Waals surface area (Å²) in [5.74, 6) is -2.13. The van der Waals surface area contributed by atoms with Gasteiger partial charge in [-0.05, 0) is 30.5 Å². The summed E-state index contributed by atoms with van der Waals surface area (Å²) in [5.41, 5.74) is 0.579. The predicted octanol–water partition coefficient (Wildman–Crippen LogP) is 1.05. The molecule has 0 saturated heterocycles. The van der Waals surface area contributed by atoms with E-state index in [1.807, 2.05) is 0 Å². The minimum absolute atomic E-state index is 0.0773. The molecular weight excluding hydrogens is 241 g/mol. The Hall–Kier alpha value is -2.11. The lowest BCUT2D eigenvalue weighted by Gasteiger charge is -2.15. The van der Waals surface area contributed by atoms with Gasteiger partial charge >= 0.3 is 5.97 Å². The first kappa shape index (κ1) is 14.0. The van der Waals surface area contributed by atoms with E-state index in [9.17, 15) is 14.0 Å². The van der Waals surface area contributed by atoms with Crippen LogP contribution in [0.1, 0.15) is 18.4 Å². The van der Waals surface area contributed by atoms with Gasteiger partial charge in [-0.25, -0.2) is 4.39 Å². The van der Waals surface area contributed by atoms with Gasteiger partial charge in [-0.2, -0.15) is 0 Å². The number of hydrogen-bond donors (Lipinski definition) is 3. The van der Waals surface area contributed by atoms with Crippen LogP contribution in [0.3, 0.4) is 0 Å². The van der Waals surface area contributed by atoms with Crippen LogP contribution < -0.4 is 5.32 Å². The number of phenolic OH excluding ortho intramolecular Hbond substituents is 1. The molecule has 98 valence electrons. The van der Waals surface area contributed by atoms with Crippen LogP contribution in [0.4, 0.5) is 4.39 Å². The zero-order chi connectivity index (χ0) is 13.5. The molecule has 18 heavy (non-hydrogen) atoms. The molecular formula is C12H14FNO4. The third-order valence-electron chi connectivity index (χ3n) is 2.50. The largest absolute Gasteiger partial charge is 0.505 e. The average Bonchev–Trinajstić information content (AvgIpc) is 2.31. The average molecular weight is 255 g/mol. The molecule has 1 atom stereocenters. The van der Waals surface area contributed by atoms with E-state index in [4.69, 9.17) is 10.2 Å². The molecule has 0 spiro atoms. The molecule has 0 fully saturated rings. The highest BCUT2D eigenvalue weighted by Gasteiger charge is 2.12. The van der Waals surface area contributed by atoms with Crippen molar-refractivity contribution in [2.24, 2.45) is 0 Å². The maximum Gasteiger partial charge on any atom is 0.303 e. The number of rotatable bonds is 7. The molecule has 0 heterocycles. The number of phenols is 1. The molecule has 0 aliphatic carbocycles. The minimum Gasteiger partial charge on any atom is -0.505 e. The van der Waals surface area contributed by atoms with E-state index in [1.165, 1.54) is 12.1 Å². The van der Waals surface area contributed by atoms with Crippen molar-refractivity contribution in [2.45, 2.75) is 25.3 Å². The molecule has 1 rings (SSSR count). The van der Waals surface area contributed by atoms with E-state index in [-0.39, 0.29) is 18.9 Å². The molecule has 0 saturated carbocycles. The zero-order valence-electron chi connectivity index (χ0n) is 9.60. The Kier molecular flexibility index (Phi) is 5.10. The van der Waals surface area contributed by atoms with Crippen LogP contribution in [0.15, 0.2) is 18.2 Å². The molecule has 1 aromatic carbocycles. The SMILES string of the molecule is O=CNC(CCC(=O)O)Cc1ccc(O)c(F)c1. The zero-order valence-corrected chi connectivity index (χ0v) is 9.60. The molecule has 0 aliphatic heterocycles. The van der Waals surface area contributed by atoms with E-state index in [0.29, 0.717) is 18.4 Å². The molecule has 1 amide bonds. The Morgan fingerprint density at radius 2 is 2.22 bits per heavy atom. The van der Waals surface area contributed by atoms with Gasteiger partial charge in [0.25, 0.3) is 0 Å². The normalized spacial score (nSPS) is 11.8. The predicted molar refractivity (Wildman–Crippen MR) is 61.6 cm³/mol. The van der Waals surface area contributed by atoms with Gasteiger partial charge in [0, 0.05) is 12.5 Å². The molecule has 6 heteroatoms. The van der Waals surface area contributed by atoms with Crippen LogP contribution in [0.5, 0.6) is 5.75 Å². The van der Waals surface area contributed by atoms with Crippen LogP contribution in [0, 0.1) is 5.82 Å². The lowest BCUT2D eigenvalue weighted by atomic mass is 10.0. The maximum absolute atomic E-state index is 13.1. The Bertz CT molecular complexity index is 436. The molecule has 0 radical (unpaired) electrons. The standard InChI is InChI=1S/C12H14FNO4/c13-10-6-8(1-3-11(10)16)5-9(14-7-15)2-4-12(17)18/h1,3,6-7,9,16H,2,4-5H2,(H,14,15)(H,17,18). The van der Waals surface area contributed by atoms with E-state index < -0.39 is 17.5 Å². The maximum atomic E-state index is 13.1. The van der Waals surface area contributed by atoms with Crippen molar-refractivity contribution < 1.29 is 24.2 Å². The molecule has 1 unspecified atom stereocenters. The van der Waals surface area contributed by atoms with Crippen molar-refractivity contribution in [1.29, 1.82) is 0 Å². The summed E-state index contributed by atoms with van der Waals surface area (Å²) in [6, 6.07) is 3.54. The summed E-state index contributed by atoms with van der Waals surface area (Å²) in [6.07, 6.45) is 0.981. The Morgan fingerprint density at radius 3 is 2.78 bits per heavy atom. The summed E-state index contributed by atoms with van der Waals surface area (Å²) < 4.78 is 13.1. The second-order valence-electron chi connectivity index (χ2n) is 3.90. The van der Waals surface area contributed by atoms with Gasteiger partial charge in [-0.1, -0.05) is 6.07 Å². The van der Waals surface area contributed by atoms with Crippen molar-refractivity contribution >= 4 is 12.4 Å². The third-order valence-corrected chi connectivity index (χ3v) is 2.50. The molecule has 3 N–H and O–H groups in total. The smallest absolute Gasteiger partial charge is 0.303 e. The van der Waals surface area contributed by atoms with Crippen LogP contribution in [0.25, 0.3) is 0 Å². The number of hydrogen-bond acceptors (Lipinski definition) is 3. The number of aliphatic carboxylic acids is 1. The number of carbonyl (C=O) groups is 2.